The van der Waals surface area contributed by atoms with Gasteiger partial charge in [0.2, 0.25) is 11.8 Å². The van der Waals surface area contributed by atoms with Crippen molar-refractivity contribution < 1.29 is 33.7 Å². The van der Waals surface area contributed by atoms with E-state index in [-0.39, 0.29) is 63.1 Å². The van der Waals surface area contributed by atoms with Crippen LogP contribution in [0.5, 0.6) is 0 Å². The summed E-state index contributed by atoms with van der Waals surface area (Å²) in [6.07, 6.45) is -0.390. The maximum atomic E-state index is 13.4. The van der Waals surface area contributed by atoms with Gasteiger partial charge in [0.05, 0.1) is 23.0 Å². The number of hydrogen-bond acceptors (Lipinski definition) is 13. The van der Waals surface area contributed by atoms with Crippen LogP contribution in [0.15, 0.2) is 46.5 Å². The number of anilines is 2. The number of aromatic nitrogens is 6. The molecule has 0 spiro atoms. The number of aliphatic hydroxyl groups excluding tert-OH is 2. The summed E-state index contributed by atoms with van der Waals surface area (Å²) in [7, 11) is -2.26. The monoisotopic (exact) mass is 836 g/mol. The fourth-order valence-corrected chi connectivity index (χ4v) is 7.86. The minimum absolute atomic E-state index is 0.0701. The van der Waals surface area contributed by atoms with Gasteiger partial charge in [-0.2, -0.15) is 0 Å². The first kappa shape index (κ1) is 45.6. The molecule has 4 aromatic heterocycles. The first-order valence-electron chi connectivity index (χ1n) is 20.3. The zero-order valence-electron chi connectivity index (χ0n) is 36.1. The minimum Gasteiger partial charge on any atom is -0.407 e. The Morgan fingerprint density at radius 1 is 0.780 bits per heavy atom. The molecule has 8 atom stereocenters. The molecule has 2 amide bonds. The molecular formula is C41H60N8O9Si. The second-order valence-electron chi connectivity index (χ2n) is 17.5. The van der Waals surface area contributed by atoms with Crippen molar-refractivity contribution in [1.82, 2.24) is 29.1 Å². The van der Waals surface area contributed by atoms with Crippen molar-refractivity contribution in [3.8, 4) is 0 Å². The highest BCUT2D eigenvalue weighted by Gasteiger charge is 2.50. The van der Waals surface area contributed by atoms with E-state index >= 15 is 0 Å². The number of hydrogen-bond donors (Lipinski definition) is 4. The summed E-state index contributed by atoms with van der Waals surface area (Å²) in [4.78, 5) is 67.0. The second kappa shape index (κ2) is 18.0. The van der Waals surface area contributed by atoms with E-state index in [9.17, 15) is 29.4 Å². The van der Waals surface area contributed by atoms with Gasteiger partial charge in [0, 0.05) is 17.8 Å². The van der Waals surface area contributed by atoms with Gasteiger partial charge in [-0.3, -0.25) is 28.3 Å². The van der Waals surface area contributed by atoms with Crippen molar-refractivity contribution in [2.45, 2.75) is 143 Å². The van der Waals surface area contributed by atoms with E-state index in [4.69, 9.17) is 13.9 Å². The molecule has 2 aliphatic rings. The number of carbonyl (C=O) groups is 2. The van der Waals surface area contributed by atoms with Crippen LogP contribution >= 0.6 is 0 Å². The molecule has 2 aliphatic heterocycles. The summed E-state index contributed by atoms with van der Waals surface area (Å²) < 4.78 is 21.2. The number of aliphatic hydroxyl groups is 2. The molecule has 59 heavy (non-hydrogen) atoms. The molecule has 0 aliphatic carbocycles. The van der Waals surface area contributed by atoms with Gasteiger partial charge in [0.25, 0.3) is 11.1 Å². The van der Waals surface area contributed by atoms with E-state index in [1.807, 2.05) is 20.8 Å². The molecule has 6 heterocycles. The van der Waals surface area contributed by atoms with Crippen LogP contribution < -0.4 is 21.8 Å². The maximum Gasteiger partial charge on any atom is 0.265 e. The third-order valence-electron chi connectivity index (χ3n) is 11.5. The van der Waals surface area contributed by atoms with Crippen molar-refractivity contribution in [3.63, 3.8) is 0 Å². The first-order valence-corrected chi connectivity index (χ1v) is 23.2. The largest absolute Gasteiger partial charge is 0.407 e. The molecule has 2 saturated heterocycles. The van der Waals surface area contributed by atoms with Gasteiger partial charge in [-0.25, -0.2) is 19.9 Å². The van der Waals surface area contributed by atoms with Crippen LogP contribution in [-0.4, -0.2) is 89.9 Å². The van der Waals surface area contributed by atoms with Crippen LogP contribution in [-0.2, 0) is 23.5 Å². The van der Waals surface area contributed by atoms with E-state index in [0.29, 0.717) is 28.8 Å². The highest BCUT2D eigenvalue weighted by atomic mass is 28.4. The molecular weight excluding hydrogens is 777 g/mol. The number of rotatable bonds is 10. The van der Waals surface area contributed by atoms with E-state index in [2.05, 4.69) is 64.4 Å². The molecule has 6 rings (SSSR count). The molecule has 0 saturated carbocycles. The summed E-state index contributed by atoms with van der Waals surface area (Å²) >= 11 is 0. The van der Waals surface area contributed by atoms with Crippen LogP contribution in [0.3, 0.4) is 0 Å². The van der Waals surface area contributed by atoms with Crippen LogP contribution in [0.4, 0.5) is 11.6 Å². The Balaban J connectivity index is 0.000000230. The van der Waals surface area contributed by atoms with Crippen LogP contribution in [0.2, 0.25) is 18.1 Å². The fourth-order valence-electron chi connectivity index (χ4n) is 6.57. The number of carbonyl (C=O) groups excluding carboxylic acids is 2. The Morgan fingerprint density at radius 3 is 1.63 bits per heavy atom. The second-order valence-corrected chi connectivity index (χ2v) is 22.2. The Labute approximate surface area is 345 Å². The van der Waals surface area contributed by atoms with Crippen molar-refractivity contribution in [2.75, 3.05) is 10.6 Å². The Bertz CT molecular complexity index is 2270. The van der Waals surface area contributed by atoms with E-state index in [0.717, 1.165) is 6.42 Å². The van der Waals surface area contributed by atoms with Gasteiger partial charge in [0.15, 0.2) is 32.1 Å². The third kappa shape index (κ3) is 9.63. The van der Waals surface area contributed by atoms with Crippen molar-refractivity contribution >= 4 is 53.8 Å². The van der Waals surface area contributed by atoms with Crippen LogP contribution in [0, 0.1) is 17.8 Å². The van der Waals surface area contributed by atoms with Crippen LogP contribution in [0.1, 0.15) is 94.5 Å². The Kier molecular flexibility index (Phi) is 13.9. The summed E-state index contributed by atoms with van der Waals surface area (Å²) in [5.74, 6) is -0.0886. The molecule has 322 valence electrons. The topological polar surface area (TPSA) is 222 Å². The number of amides is 2. The van der Waals surface area contributed by atoms with Gasteiger partial charge in [-0.1, -0.05) is 69.2 Å². The number of nitrogens with zero attached hydrogens (tertiary/aromatic N) is 6. The summed E-state index contributed by atoms with van der Waals surface area (Å²) in [6.45, 7) is 23.5. The van der Waals surface area contributed by atoms with E-state index in [1.54, 1.807) is 52.0 Å². The smallest absolute Gasteiger partial charge is 0.265 e. The number of pyridine rings is 2. The van der Waals surface area contributed by atoms with E-state index in [1.165, 1.54) is 21.8 Å². The quantitative estimate of drug-likeness (QED) is 0.152. The summed E-state index contributed by atoms with van der Waals surface area (Å²) in [6, 6.07) is 6.32. The maximum absolute atomic E-state index is 13.4. The van der Waals surface area contributed by atoms with Gasteiger partial charge in [-0.15, -0.1) is 0 Å². The lowest BCUT2D eigenvalue weighted by Gasteiger charge is -2.40. The third-order valence-corrected chi connectivity index (χ3v) is 15.9. The number of fused-ring (bicyclic) bond motifs is 2. The lowest BCUT2D eigenvalue weighted by Crippen LogP contribution is -2.49. The van der Waals surface area contributed by atoms with Crippen molar-refractivity contribution in [1.29, 1.82) is 0 Å². The zero-order chi connectivity index (χ0) is 43.7. The average Bonchev–Trinajstić information content (AvgIpc) is 3.64. The normalized spacial score (nSPS) is 24.7. The molecule has 18 heteroatoms. The molecule has 2 fully saturated rings. The lowest BCUT2D eigenvalue weighted by atomic mass is 9.99. The van der Waals surface area contributed by atoms with Gasteiger partial charge in [0.1, 0.15) is 42.6 Å². The van der Waals surface area contributed by atoms with Crippen LogP contribution in [0.25, 0.3) is 22.1 Å². The molecule has 17 nitrogen and oxygen atoms in total. The zero-order valence-corrected chi connectivity index (χ0v) is 37.1. The molecule has 0 aromatic carbocycles. The summed E-state index contributed by atoms with van der Waals surface area (Å²) in [5, 5.41) is 27.3. The average molecular weight is 837 g/mol. The van der Waals surface area contributed by atoms with Crippen molar-refractivity contribution in [3.05, 3.63) is 57.6 Å². The Hall–Kier alpha value is -4.46. The predicted octanol–water partition coefficient (Wildman–Crippen LogP) is 5.14. The first-order chi connectivity index (χ1) is 27.6. The highest BCUT2D eigenvalue weighted by molar-refractivity contribution is 6.74. The molecule has 0 radical (unpaired) electrons. The Morgan fingerprint density at radius 2 is 1.22 bits per heavy atom. The molecule has 4 N–H and O–H groups in total. The fraction of sp³-hybridized carbons (Fsp3) is 0.610. The van der Waals surface area contributed by atoms with Crippen molar-refractivity contribution in [2.24, 2.45) is 17.8 Å². The molecule has 4 aromatic rings. The predicted molar refractivity (Wildman–Crippen MR) is 226 cm³/mol. The molecule has 0 bridgehead atoms. The number of ether oxygens (including phenoxy) is 2. The van der Waals surface area contributed by atoms with Gasteiger partial charge >= 0.3 is 0 Å². The van der Waals surface area contributed by atoms with Gasteiger partial charge in [-0.05, 0) is 55.2 Å². The highest BCUT2D eigenvalue weighted by Crippen LogP contribution is 2.42. The minimum atomic E-state index is -2.26. The van der Waals surface area contributed by atoms with E-state index < -0.39 is 45.2 Å². The SMILES string of the molecule is CC[C@H]1O[C@@H](n2cnc3nc(NC(=O)C(C)C)ccc3c2=O)[C@H](O)[C@@H]1C.CC[C@H]1O[C@@H](n2cnc3nc(NC(=O)C(C)C)ccc3c2=O)[C@H](O[Si](C)(C)C(C)(C)C)[C@@H]1O. The molecule has 0 unspecified atom stereocenters. The lowest BCUT2D eigenvalue weighted by molar-refractivity contribution is -0.119. The standard InChI is InChI=1S/C23H36N4O5Si.C18H24N4O4/c1-9-15-17(28)18(32-33(7,8)23(4,5)6)22(31-15)27-12-24-19-14(21(27)30)10-11-16(25-19)26-20(29)13(2)3;1-5-12-10(4)14(23)18(26-12)22-8-19-15-11(17(22)25)6-7-13(20-15)21-16(24)9(2)3/h10-13,15,17-18,22,28H,9H2,1-8H3,(H,25,26,29);6-10,12,14,18,23H,5H2,1-4H3,(H,20,21,24)/t15-,17-,18-,22-;10-,12-,14-,18-/m11/s1. The van der Waals surface area contributed by atoms with Gasteiger partial charge < -0.3 is 34.7 Å². The number of nitrogens with one attached hydrogen (secondary N) is 2. The summed E-state index contributed by atoms with van der Waals surface area (Å²) in [5.41, 5.74) is -0.213.